The van der Waals surface area contributed by atoms with Crippen molar-refractivity contribution < 1.29 is 9.84 Å². The van der Waals surface area contributed by atoms with Crippen molar-refractivity contribution in [3.8, 4) is 17.0 Å². The van der Waals surface area contributed by atoms with Crippen LogP contribution in [-0.2, 0) is 6.42 Å². The Hall–Kier alpha value is -1.81. The number of aromatic nitrogens is 2. The van der Waals surface area contributed by atoms with Crippen LogP contribution in [0.3, 0.4) is 0 Å². The maximum absolute atomic E-state index is 9.86. The van der Waals surface area contributed by atoms with Gasteiger partial charge in [0.25, 0.3) is 0 Å². The zero-order valence-corrected chi connectivity index (χ0v) is 10.5. The minimum atomic E-state index is -0.531. The number of benzene rings is 1. The van der Waals surface area contributed by atoms with Crippen molar-refractivity contribution in [1.29, 1.82) is 0 Å². The lowest BCUT2D eigenvalue weighted by molar-refractivity contribution is 0.193. The standard InChI is InChI=1S/C14H16N2O2/c1-8-5-13(16-15-8)11-6-10-3-4-18-14(10)12(7-11)9(2)17/h5-7,9,17H,3-4H2,1-2H3,(H,15,16)/t9-/m0/s1. The van der Waals surface area contributed by atoms with Crippen molar-refractivity contribution >= 4 is 0 Å². The van der Waals surface area contributed by atoms with Crippen LogP contribution in [0.2, 0.25) is 0 Å². The van der Waals surface area contributed by atoms with Gasteiger partial charge in [-0.2, -0.15) is 5.10 Å². The molecule has 1 aromatic heterocycles. The van der Waals surface area contributed by atoms with Gasteiger partial charge in [-0.3, -0.25) is 5.10 Å². The quantitative estimate of drug-likeness (QED) is 0.852. The predicted molar refractivity (Wildman–Crippen MR) is 68.6 cm³/mol. The molecular formula is C14H16N2O2. The highest BCUT2D eigenvalue weighted by Gasteiger charge is 2.21. The van der Waals surface area contributed by atoms with Gasteiger partial charge >= 0.3 is 0 Å². The molecule has 3 rings (SSSR count). The molecule has 0 saturated heterocycles. The van der Waals surface area contributed by atoms with Crippen LogP contribution in [-0.4, -0.2) is 21.9 Å². The van der Waals surface area contributed by atoms with Crippen LogP contribution in [0.25, 0.3) is 11.3 Å². The number of aryl methyl sites for hydroxylation is 1. The molecule has 2 aromatic rings. The summed E-state index contributed by atoms with van der Waals surface area (Å²) in [6.07, 6.45) is 0.364. The Balaban J connectivity index is 2.14. The zero-order chi connectivity index (χ0) is 12.7. The molecular weight excluding hydrogens is 228 g/mol. The molecule has 0 fully saturated rings. The first-order valence-corrected chi connectivity index (χ1v) is 6.15. The lowest BCUT2D eigenvalue weighted by Gasteiger charge is -2.12. The molecule has 18 heavy (non-hydrogen) atoms. The van der Waals surface area contributed by atoms with Crippen LogP contribution in [0.5, 0.6) is 5.75 Å². The van der Waals surface area contributed by atoms with Gasteiger partial charge in [0, 0.05) is 23.2 Å². The smallest absolute Gasteiger partial charge is 0.128 e. The van der Waals surface area contributed by atoms with Crippen LogP contribution in [0.1, 0.15) is 29.8 Å². The summed E-state index contributed by atoms with van der Waals surface area (Å²) < 4.78 is 5.60. The highest BCUT2D eigenvalue weighted by molar-refractivity contribution is 5.65. The largest absolute Gasteiger partial charge is 0.493 e. The van der Waals surface area contributed by atoms with E-state index in [4.69, 9.17) is 4.74 Å². The molecule has 0 unspecified atom stereocenters. The lowest BCUT2D eigenvalue weighted by Crippen LogP contribution is -1.97. The molecule has 1 atom stereocenters. The molecule has 0 bridgehead atoms. The monoisotopic (exact) mass is 244 g/mol. The van der Waals surface area contributed by atoms with Gasteiger partial charge in [0.1, 0.15) is 5.75 Å². The lowest BCUT2D eigenvalue weighted by atomic mass is 9.99. The maximum atomic E-state index is 9.86. The van der Waals surface area contributed by atoms with Crippen molar-refractivity contribution in [3.63, 3.8) is 0 Å². The molecule has 1 aliphatic heterocycles. The first-order chi connectivity index (χ1) is 8.65. The average molecular weight is 244 g/mol. The molecule has 4 nitrogen and oxygen atoms in total. The topological polar surface area (TPSA) is 58.1 Å². The molecule has 2 N–H and O–H groups in total. The third-order valence-corrected chi connectivity index (χ3v) is 3.26. The Morgan fingerprint density at radius 3 is 2.89 bits per heavy atom. The number of nitrogens with zero attached hydrogens (tertiary/aromatic N) is 1. The van der Waals surface area contributed by atoms with Crippen LogP contribution in [0.15, 0.2) is 18.2 Å². The van der Waals surface area contributed by atoms with Crippen LogP contribution >= 0.6 is 0 Å². The molecule has 1 aromatic carbocycles. The number of H-pyrrole nitrogens is 1. The van der Waals surface area contributed by atoms with E-state index in [1.54, 1.807) is 6.92 Å². The van der Waals surface area contributed by atoms with Gasteiger partial charge in [-0.15, -0.1) is 0 Å². The summed E-state index contributed by atoms with van der Waals surface area (Å²) in [6.45, 7) is 4.43. The number of rotatable bonds is 2. The average Bonchev–Trinajstić information content (AvgIpc) is 2.95. The summed E-state index contributed by atoms with van der Waals surface area (Å²) in [7, 11) is 0. The van der Waals surface area contributed by atoms with Gasteiger partial charge in [0.2, 0.25) is 0 Å². The summed E-state index contributed by atoms with van der Waals surface area (Å²) in [6, 6.07) is 6.07. The van der Waals surface area contributed by atoms with E-state index in [9.17, 15) is 5.11 Å². The summed E-state index contributed by atoms with van der Waals surface area (Å²) in [4.78, 5) is 0. The molecule has 1 aliphatic rings. The van der Waals surface area contributed by atoms with E-state index < -0.39 is 6.10 Å². The van der Waals surface area contributed by atoms with Crippen molar-refractivity contribution in [3.05, 3.63) is 35.0 Å². The fraction of sp³-hybridized carbons (Fsp3) is 0.357. The number of hydrogen-bond donors (Lipinski definition) is 2. The van der Waals surface area contributed by atoms with Crippen molar-refractivity contribution in [2.45, 2.75) is 26.4 Å². The fourth-order valence-corrected chi connectivity index (χ4v) is 2.36. The number of aliphatic hydroxyl groups excluding tert-OH is 1. The van der Waals surface area contributed by atoms with Gasteiger partial charge in [-0.05, 0) is 37.6 Å². The molecule has 0 aliphatic carbocycles. The molecule has 0 radical (unpaired) electrons. The summed E-state index contributed by atoms with van der Waals surface area (Å²) in [5.74, 6) is 0.848. The fourth-order valence-electron chi connectivity index (χ4n) is 2.36. The van der Waals surface area contributed by atoms with Gasteiger partial charge in [-0.1, -0.05) is 0 Å². The Bertz CT molecular complexity index is 587. The third-order valence-electron chi connectivity index (χ3n) is 3.26. The SMILES string of the molecule is Cc1cc(-c2cc3c(c([C@H](C)O)c2)OCC3)n[nH]1. The molecule has 0 spiro atoms. The number of nitrogens with one attached hydrogen (secondary N) is 1. The Kier molecular flexibility index (Phi) is 2.59. The van der Waals surface area contributed by atoms with Gasteiger partial charge in [-0.25, -0.2) is 0 Å². The number of hydrogen-bond acceptors (Lipinski definition) is 3. The molecule has 94 valence electrons. The maximum Gasteiger partial charge on any atom is 0.128 e. The summed E-state index contributed by atoms with van der Waals surface area (Å²) in [5, 5.41) is 17.1. The Morgan fingerprint density at radius 2 is 2.22 bits per heavy atom. The Labute approximate surface area is 106 Å². The number of fused-ring (bicyclic) bond motifs is 1. The normalized spacial score (nSPS) is 15.3. The van der Waals surface area contributed by atoms with E-state index in [0.717, 1.165) is 40.2 Å². The molecule has 4 heteroatoms. The van der Waals surface area contributed by atoms with Gasteiger partial charge in [0.05, 0.1) is 18.4 Å². The highest BCUT2D eigenvalue weighted by atomic mass is 16.5. The number of aliphatic hydroxyl groups is 1. The minimum Gasteiger partial charge on any atom is -0.493 e. The van der Waals surface area contributed by atoms with Gasteiger partial charge in [0.15, 0.2) is 0 Å². The second kappa shape index (κ2) is 4.14. The second-order valence-electron chi connectivity index (χ2n) is 4.76. The molecule has 2 heterocycles. The van der Waals surface area contributed by atoms with Crippen LogP contribution in [0.4, 0.5) is 0 Å². The first kappa shape index (κ1) is 11.3. The van der Waals surface area contributed by atoms with E-state index in [1.807, 2.05) is 19.1 Å². The summed E-state index contributed by atoms with van der Waals surface area (Å²) in [5.41, 5.74) is 4.97. The zero-order valence-electron chi connectivity index (χ0n) is 10.5. The van der Waals surface area contributed by atoms with E-state index in [-0.39, 0.29) is 0 Å². The van der Waals surface area contributed by atoms with Crippen molar-refractivity contribution in [2.24, 2.45) is 0 Å². The van der Waals surface area contributed by atoms with E-state index in [2.05, 4.69) is 16.3 Å². The predicted octanol–water partition coefficient (Wildman–Crippen LogP) is 2.37. The van der Waals surface area contributed by atoms with E-state index in [0.29, 0.717) is 6.61 Å². The van der Waals surface area contributed by atoms with Crippen molar-refractivity contribution in [2.75, 3.05) is 6.61 Å². The van der Waals surface area contributed by atoms with E-state index >= 15 is 0 Å². The Morgan fingerprint density at radius 1 is 1.39 bits per heavy atom. The molecule has 0 saturated carbocycles. The van der Waals surface area contributed by atoms with Crippen LogP contribution in [0, 0.1) is 6.92 Å². The first-order valence-electron chi connectivity index (χ1n) is 6.15. The highest BCUT2D eigenvalue weighted by Crippen LogP contribution is 2.37. The minimum absolute atomic E-state index is 0.531. The van der Waals surface area contributed by atoms with Crippen molar-refractivity contribution in [1.82, 2.24) is 10.2 Å². The van der Waals surface area contributed by atoms with Crippen LogP contribution < -0.4 is 4.74 Å². The number of aromatic amines is 1. The number of ether oxygens (including phenoxy) is 1. The third kappa shape index (κ3) is 1.78. The molecule has 0 amide bonds. The second-order valence-corrected chi connectivity index (χ2v) is 4.76. The van der Waals surface area contributed by atoms with Gasteiger partial charge < -0.3 is 9.84 Å². The van der Waals surface area contributed by atoms with E-state index in [1.165, 1.54) is 0 Å². The summed E-state index contributed by atoms with van der Waals surface area (Å²) >= 11 is 0.